The maximum absolute atomic E-state index is 4.73. The van der Waals surface area contributed by atoms with E-state index in [2.05, 4.69) is 60.4 Å². The lowest BCUT2D eigenvalue weighted by Gasteiger charge is -2.16. The second kappa shape index (κ2) is 6.44. The van der Waals surface area contributed by atoms with Crippen LogP contribution in [0.15, 0.2) is 36.5 Å². The molecule has 112 valence electrons. The lowest BCUT2D eigenvalue weighted by molar-refractivity contribution is 0.458. The predicted octanol–water partition coefficient (Wildman–Crippen LogP) is 4.16. The lowest BCUT2D eigenvalue weighted by atomic mass is 10.0. The highest BCUT2D eigenvalue weighted by atomic mass is 15.3. The van der Waals surface area contributed by atoms with Crippen molar-refractivity contribution < 1.29 is 0 Å². The van der Waals surface area contributed by atoms with E-state index in [1.54, 1.807) is 0 Å². The number of aromatic nitrogens is 2. The minimum atomic E-state index is 0.350. The zero-order valence-electron chi connectivity index (χ0n) is 13.0. The Morgan fingerprint density at radius 3 is 2.76 bits per heavy atom. The SMILES string of the molecule is Cc1ccccc1C(C)NCc1ccn(C2CCCC2)n1. The molecule has 0 aliphatic heterocycles. The summed E-state index contributed by atoms with van der Waals surface area (Å²) in [5.41, 5.74) is 3.85. The number of aryl methyl sites for hydroxylation is 1. The van der Waals surface area contributed by atoms with Crippen LogP contribution in [0.3, 0.4) is 0 Å². The van der Waals surface area contributed by atoms with Crippen molar-refractivity contribution in [1.82, 2.24) is 15.1 Å². The Balaban J connectivity index is 1.59. The van der Waals surface area contributed by atoms with Gasteiger partial charge in [-0.05, 0) is 43.9 Å². The van der Waals surface area contributed by atoms with Crippen molar-refractivity contribution in [2.45, 2.75) is 58.2 Å². The Morgan fingerprint density at radius 2 is 2.00 bits per heavy atom. The first-order chi connectivity index (χ1) is 10.2. The van der Waals surface area contributed by atoms with Gasteiger partial charge in [0.15, 0.2) is 0 Å². The first-order valence-electron chi connectivity index (χ1n) is 8.07. The molecule has 3 heteroatoms. The molecule has 1 fully saturated rings. The van der Waals surface area contributed by atoms with Gasteiger partial charge in [-0.2, -0.15) is 5.10 Å². The van der Waals surface area contributed by atoms with Gasteiger partial charge in [0.1, 0.15) is 0 Å². The van der Waals surface area contributed by atoms with E-state index in [0.29, 0.717) is 12.1 Å². The molecule has 0 saturated heterocycles. The molecule has 1 aliphatic carbocycles. The minimum Gasteiger partial charge on any atom is -0.304 e. The predicted molar refractivity (Wildman–Crippen MR) is 86.2 cm³/mol. The molecule has 1 saturated carbocycles. The van der Waals surface area contributed by atoms with Gasteiger partial charge >= 0.3 is 0 Å². The zero-order chi connectivity index (χ0) is 14.7. The smallest absolute Gasteiger partial charge is 0.0762 e. The number of nitrogens with zero attached hydrogens (tertiary/aromatic N) is 2. The van der Waals surface area contributed by atoms with Gasteiger partial charge in [0.25, 0.3) is 0 Å². The van der Waals surface area contributed by atoms with Crippen molar-refractivity contribution in [1.29, 1.82) is 0 Å². The first kappa shape index (κ1) is 14.3. The van der Waals surface area contributed by atoms with E-state index in [1.165, 1.54) is 36.8 Å². The molecular formula is C18H25N3. The molecule has 1 unspecified atom stereocenters. The topological polar surface area (TPSA) is 29.9 Å². The molecule has 1 aliphatic rings. The summed E-state index contributed by atoms with van der Waals surface area (Å²) < 4.78 is 2.17. The van der Waals surface area contributed by atoms with Gasteiger partial charge in [0.05, 0.1) is 11.7 Å². The van der Waals surface area contributed by atoms with Crippen LogP contribution in [0.25, 0.3) is 0 Å². The molecule has 1 N–H and O–H groups in total. The zero-order valence-corrected chi connectivity index (χ0v) is 13.0. The Kier molecular flexibility index (Phi) is 4.39. The summed E-state index contributed by atoms with van der Waals surface area (Å²) in [7, 11) is 0. The highest BCUT2D eigenvalue weighted by Crippen LogP contribution is 2.28. The fraction of sp³-hybridized carbons (Fsp3) is 0.500. The van der Waals surface area contributed by atoms with Crippen molar-refractivity contribution in [2.75, 3.05) is 0 Å². The summed E-state index contributed by atoms with van der Waals surface area (Å²) in [5, 5.41) is 8.32. The summed E-state index contributed by atoms with van der Waals surface area (Å²) in [6.07, 6.45) is 7.42. The molecule has 0 amide bonds. The van der Waals surface area contributed by atoms with Crippen LogP contribution in [0, 0.1) is 6.92 Å². The van der Waals surface area contributed by atoms with E-state index in [1.807, 2.05) is 0 Å². The summed E-state index contributed by atoms with van der Waals surface area (Å²) in [6, 6.07) is 11.7. The van der Waals surface area contributed by atoms with Crippen LogP contribution >= 0.6 is 0 Å². The highest BCUT2D eigenvalue weighted by molar-refractivity contribution is 5.28. The second-order valence-corrected chi connectivity index (χ2v) is 6.18. The van der Waals surface area contributed by atoms with E-state index >= 15 is 0 Å². The third-order valence-electron chi connectivity index (χ3n) is 4.61. The molecule has 21 heavy (non-hydrogen) atoms. The van der Waals surface area contributed by atoms with Gasteiger partial charge in [-0.25, -0.2) is 0 Å². The van der Waals surface area contributed by atoms with Crippen LogP contribution in [-0.4, -0.2) is 9.78 Å². The fourth-order valence-corrected chi connectivity index (χ4v) is 3.28. The van der Waals surface area contributed by atoms with Crippen molar-refractivity contribution in [3.05, 3.63) is 53.3 Å². The molecule has 0 radical (unpaired) electrons. The molecule has 3 rings (SSSR count). The van der Waals surface area contributed by atoms with Crippen LogP contribution in [0.1, 0.15) is 61.5 Å². The number of rotatable bonds is 5. The van der Waals surface area contributed by atoms with Crippen LogP contribution in [0.4, 0.5) is 0 Å². The van der Waals surface area contributed by atoms with Gasteiger partial charge in [0, 0.05) is 18.8 Å². The highest BCUT2D eigenvalue weighted by Gasteiger charge is 2.17. The number of hydrogen-bond acceptors (Lipinski definition) is 2. The summed E-state index contributed by atoms with van der Waals surface area (Å²) in [5.74, 6) is 0. The Hall–Kier alpha value is -1.61. The summed E-state index contributed by atoms with van der Waals surface area (Å²) >= 11 is 0. The molecule has 1 aromatic heterocycles. The van der Waals surface area contributed by atoms with Crippen molar-refractivity contribution >= 4 is 0 Å². The summed E-state index contributed by atoms with van der Waals surface area (Å²) in [6.45, 7) is 5.22. The van der Waals surface area contributed by atoms with E-state index in [0.717, 1.165) is 12.2 Å². The standard InChI is InChI=1S/C18H25N3/c1-14-7-3-6-10-18(14)15(2)19-13-16-11-12-21(20-16)17-8-4-5-9-17/h3,6-7,10-12,15,17,19H,4-5,8-9,13H2,1-2H3. The van der Waals surface area contributed by atoms with Gasteiger partial charge in [0.2, 0.25) is 0 Å². The van der Waals surface area contributed by atoms with E-state index in [-0.39, 0.29) is 0 Å². The molecule has 3 nitrogen and oxygen atoms in total. The largest absolute Gasteiger partial charge is 0.304 e. The molecule has 1 heterocycles. The van der Waals surface area contributed by atoms with Gasteiger partial charge in [-0.3, -0.25) is 4.68 Å². The normalized spacial score (nSPS) is 17.2. The van der Waals surface area contributed by atoms with Crippen LogP contribution in [-0.2, 0) is 6.54 Å². The quantitative estimate of drug-likeness (QED) is 0.893. The van der Waals surface area contributed by atoms with Crippen LogP contribution < -0.4 is 5.32 Å². The molecule has 0 bridgehead atoms. The fourth-order valence-electron chi connectivity index (χ4n) is 3.28. The lowest BCUT2D eigenvalue weighted by Crippen LogP contribution is -2.19. The summed E-state index contributed by atoms with van der Waals surface area (Å²) in [4.78, 5) is 0. The molecule has 1 atom stereocenters. The number of benzene rings is 1. The van der Waals surface area contributed by atoms with Crippen molar-refractivity contribution in [2.24, 2.45) is 0 Å². The maximum atomic E-state index is 4.73. The van der Waals surface area contributed by atoms with Crippen molar-refractivity contribution in [3.8, 4) is 0 Å². The van der Waals surface area contributed by atoms with Gasteiger partial charge < -0.3 is 5.32 Å². The first-order valence-corrected chi connectivity index (χ1v) is 8.07. The average molecular weight is 283 g/mol. The van der Waals surface area contributed by atoms with E-state index in [4.69, 9.17) is 5.10 Å². The maximum Gasteiger partial charge on any atom is 0.0762 e. The third-order valence-corrected chi connectivity index (χ3v) is 4.61. The third kappa shape index (κ3) is 3.35. The van der Waals surface area contributed by atoms with Crippen molar-refractivity contribution in [3.63, 3.8) is 0 Å². The number of nitrogens with one attached hydrogen (secondary N) is 1. The van der Waals surface area contributed by atoms with Crippen LogP contribution in [0.5, 0.6) is 0 Å². The Bertz CT molecular complexity index is 582. The molecule has 1 aromatic carbocycles. The van der Waals surface area contributed by atoms with E-state index < -0.39 is 0 Å². The number of hydrogen-bond donors (Lipinski definition) is 1. The van der Waals surface area contributed by atoms with E-state index in [9.17, 15) is 0 Å². The monoisotopic (exact) mass is 283 g/mol. The van der Waals surface area contributed by atoms with Gasteiger partial charge in [-0.15, -0.1) is 0 Å². The Labute approximate surface area is 127 Å². The molecule has 2 aromatic rings. The van der Waals surface area contributed by atoms with Gasteiger partial charge in [-0.1, -0.05) is 37.1 Å². The second-order valence-electron chi connectivity index (χ2n) is 6.18. The average Bonchev–Trinajstić information content (AvgIpc) is 3.16. The molecule has 0 spiro atoms. The van der Waals surface area contributed by atoms with Crippen LogP contribution in [0.2, 0.25) is 0 Å². The Morgan fingerprint density at radius 1 is 1.24 bits per heavy atom. The molecular weight excluding hydrogens is 258 g/mol. The minimum absolute atomic E-state index is 0.350.